The predicted molar refractivity (Wildman–Crippen MR) is 94.0 cm³/mol. The lowest BCUT2D eigenvalue weighted by Gasteiger charge is -2.14. The minimum Gasteiger partial charge on any atom is -0.378 e. The number of aromatic nitrogens is 1. The Kier molecular flexibility index (Phi) is 5.69. The van der Waals surface area contributed by atoms with Crippen molar-refractivity contribution >= 4 is 40.6 Å². The Hall–Kier alpha value is -1.72. The number of hydrogen-bond donors (Lipinski definition) is 1. The van der Waals surface area contributed by atoms with Gasteiger partial charge in [0.2, 0.25) is 5.91 Å². The summed E-state index contributed by atoms with van der Waals surface area (Å²) in [5.41, 5.74) is 1.86. The van der Waals surface area contributed by atoms with Gasteiger partial charge in [0.25, 0.3) is 0 Å². The van der Waals surface area contributed by atoms with E-state index < -0.39 is 0 Å². The summed E-state index contributed by atoms with van der Waals surface area (Å²) in [5.74, 6) is -0.0793. The highest BCUT2D eigenvalue weighted by Gasteiger charge is 2.16. The number of halogens is 1. The third kappa shape index (κ3) is 4.39. The van der Waals surface area contributed by atoms with Crippen molar-refractivity contribution in [2.75, 3.05) is 24.3 Å². The maximum absolute atomic E-state index is 12.2. The summed E-state index contributed by atoms with van der Waals surface area (Å²) in [6.07, 6.45) is 1.67. The predicted octanol–water partition coefficient (Wildman–Crippen LogP) is 3.92. The molecule has 0 aliphatic heterocycles. The van der Waals surface area contributed by atoms with Gasteiger partial charge in [-0.3, -0.25) is 4.79 Å². The number of benzene rings is 1. The summed E-state index contributed by atoms with van der Waals surface area (Å²) < 4.78 is 0. The molecule has 22 heavy (non-hydrogen) atoms. The largest absolute Gasteiger partial charge is 0.378 e. The van der Waals surface area contributed by atoms with Crippen LogP contribution in [-0.2, 0) is 4.79 Å². The molecule has 0 bridgehead atoms. The average Bonchev–Trinajstić information content (AvgIpc) is 2.50. The number of amides is 1. The first-order valence-corrected chi connectivity index (χ1v) is 8.08. The van der Waals surface area contributed by atoms with Crippen molar-refractivity contribution in [3.63, 3.8) is 0 Å². The number of nitrogens with zero attached hydrogens (tertiary/aromatic N) is 2. The van der Waals surface area contributed by atoms with Gasteiger partial charge in [-0.15, -0.1) is 0 Å². The molecule has 0 saturated carbocycles. The molecule has 1 heterocycles. The van der Waals surface area contributed by atoms with E-state index in [4.69, 9.17) is 11.6 Å². The fraction of sp³-hybridized carbons (Fsp3) is 0.250. The van der Waals surface area contributed by atoms with Crippen LogP contribution >= 0.6 is 23.4 Å². The van der Waals surface area contributed by atoms with Gasteiger partial charge in [0.05, 0.1) is 10.3 Å². The molecule has 116 valence electrons. The highest BCUT2D eigenvalue weighted by molar-refractivity contribution is 8.00. The molecule has 0 unspecified atom stereocenters. The van der Waals surface area contributed by atoms with Crippen LogP contribution < -0.4 is 10.2 Å². The lowest BCUT2D eigenvalue weighted by Crippen LogP contribution is -2.22. The Bertz CT molecular complexity index is 646. The Morgan fingerprint density at radius 1 is 1.27 bits per heavy atom. The standard InChI is InChI=1S/C16H18ClN3OS/c1-11(22-16-14(17)5-4-10-18-16)15(21)19-12-6-8-13(9-7-12)20(2)3/h4-11H,1-3H3,(H,19,21)/t11-/m0/s1. The zero-order valence-corrected chi connectivity index (χ0v) is 14.3. The molecule has 1 atom stereocenters. The van der Waals surface area contributed by atoms with E-state index in [1.807, 2.05) is 50.2 Å². The van der Waals surface area contributed by atoms with Gasteiger partial charge in [-0.05, 0) is 43.3 Å². The zero-order chi connectivity index (χ0) is 16.1. The van der Waals surface area contributed by atoms with Crippen molar-refractivity contribution in [2.45, 2.75) is 17.2 Å². The molecular formula is C16H18ClN3OS. The zero-order valence-electron chi connectivity index (χ0n) is 12.7. The molecule has 0 spiro atoms. The maximum atomic E-state index is 12.2. The normalized spacial score (nSPS) is 11.8. The van der Waals surface area contributed by atoms with E-state index in [1.54, 1.807) is 18.3 Å². The van der Waals surface area contributed by atoms with E-state index in [9.17, 15) is 4.79 Å². The van der Waals surface area contributed by atoms with Gasteiger partial charge < -0.3 is 10.2 Å². The Morgan fingerprint density at radius 3 is 2.55 bits per heavy atom. The summed E-state index contributed by atoms with van der Waals surface area (Å²) in [6.45, 7) is 1.83. The van der Waals surface area contributed by atoms with Gasteiger partial charge in [-0.2, -0.15) is 0 Å². The molecule has 1 amide bonds. The van der Waals surface area contributed by atoms with Crippen LogP contribution in [0.1, 0.15) is 6.92 Å². The minimum atomic E-state index is -0.291. The molecule has 0 radical (unpaired) electrons. The number of rotatable bonds is 5. The maximum Gasteiger partial charge on any atom is 0.237 e. The molecule has 1 aromatic heterocycles. The first-order valence-electron chi connectivity index (χ1n) is 6.83. The second-order valence-corrected chi connectivity index (χ2v) is 6.72. The van der Waals surface area contributed by atoms with Crippen LogP contribution in [0.4, 0.5) is 11.4 Å². The number of anilines is 2. The van der Waals surface area contributed by atoms with Crippen LogP contribution in [-0.4, -0.2) is 30.2 Å². The Morgan fingerprint density at radius 2 is 1.95 bits per heavy atom. The number of thioether (sulfide) groups is 1. The van der Waals surface area contributed by atoms with Crippen molar-refractivity contribution in [3.8, 4) is 0 Å². The molecule has 0 aliphatic carbocycles. The van der Waals surface area contributed by atoms with Crippen molar-refractivity contribution in [3.05, 3.63) is 47.6 Å². The number of pyridine rings is 1. The summed E-state index contributed by atoms with van der Waals surface area (Å²) in [5, 5.41) is 3.83. The van der Waals surface area contributed by atoms with Crippen LogP contribution in [0, 0.1) is 0 Å². The van der Waals surface area contributed by atoms with Crippen molar-refractivity contribution in [2.24, 2.45) is 0 Å². The van der Waals surface area contributed by atoms with Crippen LogP contribution in [0.2, 0.25) is 5.02 Å². The fourth-order valence-corrected chi connectivity index (χ4v) is 2.82. The molecule has 4 nitrogen and oxygen atoms in total. The van der Waals surface area contributed by atoms with Crippen molar-refractivity contribution in [1.82, 2.24) is 4.98 Å². The van der Waals surface area contributed by atoms with Crippen LogP contribution in [0.3, 0.4) is 0 Å². The van der Waals surface area contributed by atoms with E-state index in [0.717, 1.165) is 11.4 Å². The average molecular weight is 336 g/mol. The minimum absolute atomic E-state index is 0.0793. The second-order valence-electron chi connectivity index (χ2n) is 4.98. The first-order chi connectivity index (χ1) is 10.5. The first kappa shape index (κ1) is 16.6. The highest BCUT2D eigenvalue weighted by Crippen LogP contribution is 2.28. The topological polar surface area (TPSA) is 45.2 Å². The molecule has 6 heteroatoms. The van der Waals surface area contributed by atoms with E-state index in [-0.39, 0.29) is 11.2 Å². The number of hydrogen-bond acceptors (Lipinski definition) is 4. The molecule has 2 aromatic rings. The number of carbonyl (C=O) groups excluding carboxylic acids is 1. The van der Waals surface area contributed by atoms with Gasteiger partial charge in [0, 0.05) is 31.7 Å². The molecule has 0 saturated heterocycles. The molecule has 1 N–H and O–H groups in total. The van der Waals surface area contributed by atoms with Gasteiger partial charge in [-0.25, -0.2) is 4.98 Å². The van der Waals surface area contributed by atoms with E-state index in [2.05, 4.69) is 10.3 Å². The second kappa shape index (κ2) is 7.51. The van der Waals surface area contributed by atoms with E-state index in [0.29, 0.717) is 10.0 Å². The van der Waals surface area contributed by atoms with Crippen LogP contribution in [0.15, 0.2) is 47.6 Å². The monoisotopic (exact) mass is 335 g/mol. The smallest absolute Gasteiger partial charge is 0.237 e. The highest BCUT2D eigenvalue weighted by atomic mass is 35.5. The molecule has 1 aromatic carbocycles. The molecular weight excluding hydrogens is 318 g/mol. The fourth-order valence-electron chi connectivity index (χ4n) is 1.77. The number of carbonyl (C=O) groups is 1. The van der Waals surface area contributed by atoms with E-state index >= 15 is 0 Å². The molecule has 0 aliphatic rings. The molecule has 2 rings (SSSR count). The van der Waals surface area contributed by atoms with Gasteiger partial charge in [0.15, 0.2) is 0 Å². The SMILES string of the molecule is C[C@H](Sc1ncccc1Cl)C(=O)Nc1ccc(N(C)C)cc1. The summed E-state index contributed by atoms with van der Waals surface area (Å²) in [4.78, 5) is 18.4. The third-order valence-corrected chi connectivity index (χ3v) is 4.57. The quantitative estimate of drug-likeness (QED) is 0.841. The lowest BCUT2D eigenvalue weighted by atomic mass is 10.2. The van der Waals surface area contributed by atoms with Gasteiger partial charge >= 0.3 is 0 Å². The van der Waals surface area contributed by atoms with Gasteiger partial charge in [-0.1, -0.05) is 23.4 Å². The van der Waals surface area contributed by atoms with Crippen LogP contribution in [0.25, 0.3) is 0 Å². The summed E-state index contributed by atoms with van der Waals surface area (Å²) >= 11 is 7.40. The Labute approximate surface area is 139 Å². The van der Waals surface area contributed by atoms with Crippen molar-refractivity contribution in [1.29, 1.82) is 0 Å². The van der Waals surface area contributed by atoms with Crippen LogP contribution in [0.5, 0.6) is 0 Å². The Balaban J connectivity index is 1.98. The van der Waals surface area contributed by atoms with Gasteiger partial charge in [0.1, 0.15) is 5.03 Å². The summed E-state index contributed by atoms with van der Waals surface area (Å²) in [7, 11) is 3.95. The van der Waals surface area contributed by atoms with Crippen molar-refractivity contribution < 1.29 is 4.79 Å². The molecule has 0 fully saturated rings. The van der Waals surface area contributed by atoms with E-state index in [1.165, 1.54) is 11.8 Å². The number of nitrogens with one attached hydrogen (secondary N) is 1. The lowest BCUT2D eigenvalue weighted by molar-refractivity contribution is -0.115. The third-order valence-electron chi connectivity index (χ3n) is 3.03. The summed E-state index contributed by atoms with van der Waals surface area (Å²) in [6, 6.07) is 11.2.